The second-order valence-electron chi connectivity index (χ2n) is 6.95. The predicted octanol–water partition coefficient (Wildman–Crippen LogP) is 3.18. The molecule has 2 aromatic rings. The average Bonchev–Trinajstić information content (AvgIpc) is 3.03. The number of benzene rings is 1. The summed E-state index contributed by atoms with van der Waals surface area (Å²) in [5, 5.41) is 3.42. The molecule has 2 aliphatic heterocycles. The van der Waals surface area contributed by atoms with Crippen LogP contribution in [0.4, 0.5) is 5.82 Å². The monoisotopic (exact) mass is 371 g/mol. The van der Waals surface area contributed by atoms with Gasteiger partial charge in [-0.15, -0.1) is 0 Å². The SMILES string of the molecule is O=C(CN1CC(c2ccccc2)C2COCCC21)Nc1ccc(Cl)cn1. The Labute approximate surface area is 158 Å². The molecule has 1 N–H and O–H groups in total. The summed E-state index contributed by atoms with van der Waals surface area (Å²) in [6.45, 7) is 2.78. The predicted molar refractivity (Wildman–Crippen MR) is 101 cm³/mol. The van der Waals surface area contributed by atoms with Crippen LogP contribution in [0, 0.1) is 5.92 Å². The van der Waals surface area contributed by atoms with Crippen molar-refractivity contribution in [3.8, 4) is 0 Å². The zero-order chi connectivity index (χ0) is 17.9. The lowest BCUT2D eigenvalue weighted by atomic mass is 9.84. The Morgan fingerprint density at radius 3 is 2.88 bits per heavy atom. The van der Waals surface area contributed by atoms with Crippen LogP contribution in [-0.4, -0.2) is 48.1 Å². The van der Waals surface area contributed by atoms with Crippen molar-refractivity contribution in [2.75, 3.05) is 31.6 Å². The Bertz CT molecular complexity index is 753. The van der Waals surface area contributed by atoms with Crippen molar-refractivity contribution in [3.63, 3.8) is 0 Å². The zero-order valence-electron chi connectivity index (χ0n) is 14.5. The molecular weight excluding hydrogens is 350 g/mol. The molecule has 26 heavy (non-hydrogen) atoms. The number of nitrogens with zero attached hydrogens (tertiary/aromatic N) is 2. The Kier molecular flexibility index (Phi) is 5.20. The number of aromatic nitrogens is 1. The number of amides is 1. The van der Waals surface area contributed by atoms with Gasteiger partial charge in [0.2, 0.25) is 5.91 Å². The van der Waals surface area contributed by atoms with E-state index >= 15 is 0 Å². The number of pyridine rings is 1. The second-order valence-corrected chi connectivity index (χ2v) is 7.39. The van der Waals surface area contributed by atoms with Gasteiger partial charge in [-0.2, -0.15) is 0 Å². The molecule has 1 amide bonds. The van der Waals surface area contributed by atoms with E-state index in [0.29, 0.717) is 35.3 Å². The number of carbonyl (C=O) groups excluding carboxylic acids is 1. The van der Waals surface area contributed by atoms with Crippen LogP contribution in [0.1, 0.15) is 17.9 Å². The standard InChI is InChI=1S/C20H22ClN3O2/c21-15-6-7-19(22-10-15)23-20(25)12-24-11-16(14-4-2-1-3-5-14)17-13-26-9-8-18(17)24/h1-7,10,16-18H,8-9,11-13H2,(H,22,23,25). The quantitative estimate of drug-likeness (QED) is 0.896. The molecule has 0 radical (unpaired) electrons. The molecule has 3 heterocycles. The number of fused-ring (bicyclic) bond motifs is 1. The molecular formula is C20H22ClN3O2. The molecule has 0 spiro atoms. The minimum atomic E-state index is -0.0428. The molecule has 6 heteroatoms. The van der Waals surface area contributed by atoms with Gasteiger partial charge in [-0.05, 0) is 24.1 Å². The third-order valence-corrected chi connectivity index (χ3v) is 5.57. The fourth-order valence-electron chi connectivity index (χ4n) is 4.16. The molecule has 0 bridgehead atoms. The van der Waals surface area contributed by atoms with Crippen LogP contribution < -0.4 is 5.32 Å². The Balaban J connectivity index is 1.45. The fraction of sp³-hybridized carbons (Fsp3) is 0.400. The molecule has 1 aromatic carbocycles. The van der Waals surface area contributed by atoms with Crippen molar-refractivity contribution in [2.24, 2.45) is 5.92 Å². The van der Waals surface area contributed by atoms with Gasteiger partial charge >= 0.3 is 0 Å². The molecule has 3 atom stereocenters. The maximum atomic E-state index is 12.5. The van der Waals surface area contributed by atoms with Crippen molar-refractivity contribution in [3.05, 3.63) is 59.2 Å². The lowest BCUT2D eigenvalue weighted by molar-refractivity contribution is -0.118. The first kappa shape index (κ1) is 17.5. The van der Waals surface area contributed by atoms with Gasteiger partial charge in [0, 0.05) is 37.2 Å². The van der Waals surface area contributed by atoms with Crippen LogP contribution in [0.3, 0.4) is 0 Å². The third-order valence-electron chi connectivity index (χ3n) is 5.35. The molecule has 1 aromatic heterocycles. The molecule has 3 unspecified atom stereocenters. The highest BCUT2D eigenvalue weighted by Crippen LogP contribution is 2.40. The van der Waals surface area contributed by atoms with Crippen LogP contribution in [0.5, 0.6) is 0 Å². The molecule has 0 saturated carbocycles. The molecule has 2 saturated heterocycles. The molecule has 2 aliphatic rings. The van der Waals surface area contributed by atoms with Gasteiger partial charge in [-0.1, -0.05) is 41.9 Å². The van der Waals surface area contributed by atoms with E-state index in [-0.39, 0.29) is 5.91 Å². The number of rotatable bonds is 4. The summed E-state index contributed by atoms with van der Waals surface area (Å²) in [4.78, 5) is 19.0. The number of carbonyl (C=O) groups is 1. The maximum Gasteiger partial charge on any atom is 0.239 e. The summed E-state index contributed by atoms with van der Waals surface area (Å²) in [6.07, 6.45) is 2.51. The number of halogens is 1. The van der Waals surface area contributed by atoms with Crippen LogP contribution in [0.2, 0.25) is 5.02 Å². The number of nitrogens with one attached hydrogen (secondary N) is 1. The maximum absolute atomic E-state index is 12.5. The summed E-state index contributed by atoms with van der Waals surface area (Å²) < 4.78 is 5.75. The first-order chi connectivity index (χ1) is 12.7. The van der Waals surface area contributed by atoms with Crippen molar-refractivity contribution in [2.45, 2.75) is 18.4 Å². The van der Waals surface area contributed by atoms with Crippen LogP contribution in [0.15, 0.2) is 48.7 Å². The topological polar surface area (TPSA) is 54.5 Å². The number of likely N-dealkylation sites (tertiary alicyclic amines) is 1. The van der Waals surface area contributed by atoms with Crippen molar-refractivity contribution in [1.82, 2.24) is 9.88 Å². The highest BCUT2D eigenvalue weighted by atomic mass is 35.5. The second kappa shape index (κ2) is 7.74. The van der Waals surface area contributed by atoms with E-state index in [2.05, 4.69) is 39.5 Å². The minimum absolute atomic E-state index is 0.0428. The lowest BCUT2D eigenvalue weighted by Crippen LogP contribution is -2.42. The van der Waals surface area contributed by atoms with E-state index in [9.17, 15) is 4.79 Å². The van der Waals surface area contributed by atoms with Gasteiger partial charge in [-0.25, -0.2) is 4.98 Å². The number of ether oxygens (including phenoxy) is 1. The number of anilines is 1. The van der Waals surface area contributed by atoms with Crippen molar-refractivity contribution in [1.29, 1.82) is 0 Å². The fourth-order valence-corrected chi connectivity index (χ4v) is 4.27. The van der Waals surface area contributed by atoms with E-state index in [1.807, 2.05) is 6.07 Å². The summed E-state index contributed by atoms with van der Waals surface area (Å²) in [7, 11) is 0. The van der Waals surface area contributed by atoms with E-state index in [1.165, 1.54) is 11.8 Å². The van der Waals surface area contributed by atoms with Gasteiger partial charge < -0.3 is 10.1 Å². The molecule has 0 aliphatic carbocycles. The number of hydrogen-bond donors (Lipinski definition) is 1. The summed E-state index contributed by atoms with van der Waals surface area (Å²) in [5.41, 5.74) is 1.33. The highest BCUT2D eigenvalue weighted by molar-refractivity contribution is 6.30. The first-order valence-corrected chi connectivity index (χ1v) is 9.36. The molecule has 136 valence electrons. The minimum Gasteiger partial charge on any atom is -0.381 e. The van der Waals surface area contributed by atoms with Crippen molar-refractivity contribution >= 4 is 23.3 Å². The van der Waals surface area contributed by atoms with E-state index in [0.717, 1.165) is 26.2 Å². The zero-order valence-corrected chi connectivity index (χ0v) is 15.2. The van der Waals surface area contributed by atoms with E-state index in [4.69, 9.17) is 16.3 Å². The van der Waals surface area contributed by atoms with Crippen LogP contribution >= 0.6 is 11.6 Å². The molecule has 4 rings (SSSR count). The van der Waals surface area contributed by atoms with Gasteiger partial charge in [0.25, 0.3) is 0 Å². The largest absolute Gasteiger partial charge is 0.381 e. The number of hydrogen-bond acceptors (Lipinski definition) is 4. The smallest absolute Gasteiger partial charge is 0.239 e. The molecule has 5 nitrogen and oxygen atoms in total. The average molecular weight is 372 g/mol. The Morgan fingerprint density at radius 2 is 2.12 bits per heavy atom. The van der Waals surface area contributed by atoms with Gasteiger partial charge in [0.05, 0.1) is 18.2 Å². The summed E-state index contributed by atoms with van der Waals surface area (Å²) in [6, 6.07) is 14.4. The normalized spacial score (nSPS) is 25.7. The van der Waals surface area contributed by atoms with Crippen molar-refractivity contribution < 1.29 is 9.53 Å². The van der Waals surface area contributed by atoms with Gasteiger partial charge in [0.15, 0.2) is 0 Å². The first-order valence-electron chi connectivity index (χ1n) is 8.99. The highest BCUT2D eigenvalue weighted by Gasteiger charge is 2.44. The lowest BCUT2D eigenvalue weighted by Gasteiger charge is -2.32. The molecule has 2 fully saturated rings. The van der Waals surface area contributed by atoms with E-state index in [1.54, 1.807) is 12.1 Å². The van der Waals surface area contributed by atoms with E-state index < -0.39 is 0 Å². The van der Waals surface area contributed by atoms with Gasteiger partial charge in [-0.3, -0.25) is 9.69 Å². The van der Waals surface area contributed by atoms with Crippen LogP contribution in [-0.2, 0) is 9.53 Å². The summed E-state index contributed by atoms with van der Waals surface area (Å²) >= 11 is 5.84. The van der Waals surface area contributed by atoms with Gasteiger partial charge in [0.1, 0.15) is 5.82 Å². The summed E-state index contributed by atoms with van der Waals surface area (Å²) in [5.74, 6) is 1.33. The Morgan fingerprint density at radius 1 is 1.27 bits per heavy atom. The Hall–Kier alpha value is -1.95. The third kappa shape index (κ3) is 3.75. The van der Waals surface area contributed by atoms with Crippen LogP contribution in [0.25, 0.3) is 0 Å².